The lowest BCUT2D eigenvalue weighted by Gasteiger charge is -2.21. The first-order chi connectivity index (χ1) is 12.4. The van der Waals surface area contributed by atoms with Crippen molar-refractivity contribution in [1.29, 1.82) is 0 Å². The molecule has 0 heterocycles. The Labute approximate surface area is 182 Å². The summed E-state index contributed by atoms with van der Waals surface area (Å²) in [4.78, 5) is 15.8. The van der Waals surface area contributed by atoms with Crippen molar-refractivity contribution in [2.75, 3.05) is 20.1 Å². The van der Waals surface area contributed by atoms with Crippen molar-refractivity contribution in [3.05, 3.63) is 35.4 Å². The molecule has 1 aromatic carbocycles. The molecular formula is C19H30F3IN4O. The number of rotatable bonds is 6. The molecule has 0 fully saturated rings. The van der Waals surface area contributed by atoms with Crippen LogP contribution in [0.3, 0.4) is 0 Å². The van der Waals surface area contributed by atoms with E-state index in [4.69, 9.17) is 0 Å². The van der Waals surface area contributed by atoms with Crippen molar-refractivity contribution in [3.8, 4) is 0 Å². The maximum absolute atomic E-state index is 12.8. The van der Waals surface area contributed by atoms with E-state index in [9.17, 15) is 18.0 Å². The third kappa shape index (κ3) is 10.1. The molecule has 0 spiro atoms. The predicted molar refractivity (Wildman–Crippen MR) is 117 cm³/mol. The van der Waals surface area contributed by atoms with Gasteiger partial charge in [-0.15, -0.1) is 24.0 Å². The first-order valence-corrected chi connectivity index (χ1v) is 8.85. The van der Waals surface area contributed by atoms with Crippen molar-refractivity contribution in [2.24, 2.45) is 4.99 Å². The Morgan fingerprint density at radius 2 is 1.82 bits per heavy atom. The van der Waals surface area contributed by atoms with Crippen LogP contribution in [0, 0.1) is 0 Å². The topological polar surface area (TPSA) is 65.5 Å². The van der Waals surface area contributed by atoms with Gasteiger partial charge < -0.3 is 16.0 Å². The van der Waals surface area contributed by atoms with E-state index in [0.717, 1.165) is 6.07 Å². The summed E-state index contributed by atoms with van der Waals surface area (Å²) in [6.07, 6.45) is -3.72. The summed E-state index contributed by atoms with van der Waals surface area (Å²) in [5, 5.41) is 8.82. The van der Waals surface area contributed by atoms with Gasteiger partial charge in [-0.2, -0.15) is 13.2 Å². The predicted octanol–water partition coefficient (Wildman–Crippen LogP) is 3.90. The monoisotopic (exact) mass is 514 g/mol. The molecule has 1 atom stereocenters. The average Bonchev–Trinajstić information content (AvgIpc) is 2.55. The van der Waals surface area contributed by atoms with Crippen LogP contribution in [0.1, 0.15) is 51.2 Å². The summed E-state index contributed by atoms with van der Waals surface area (Å²) in [6.45, 7) is 8.16. The zero-order valence-electron chi connectivity index (χ0n) is 16.9. The quantitative estimate of drug-likeness (QED) is 0.307. The minimum Gasteiger partial charge on any atom is -0.356 e. The number of guanidine groups is 1. The molecule has 0 aliphatic carbocycles. The number of alkyl halides is 3. The lowest BCUT2D eigenvalue weighted by atomic mass is 9.96. The molecule has 28 heavy (non-hydrogen) atoms. The van der Waals surface area contributed by atoms with Crippen molar-refractivity contribution >= 4 is 35.8 Å². The summed E-state index contributed by atoms with van der Waals surface area (Å²) in [5.74, 6) is 0.264. The molecule has 3 N–H and O–H groups in total. The molecule has 1 aromatic rings. The Balaban J connectivity index is 0.00000729. The number of carbonyl (C=O) groups is 1. The maximum Gasteiger partial charge on any atom is 0.416 e. The number of hydrogen-bond donors (Lipinski definition) is 3. The Kier molecular flexibility index (Phi) is 10.9. The van der Waals surface area contributed by atoms with E-state index in [-0.39, 0.29) is 47.9 Å². The third-order valence-corrected chi connectivity index (χ3v) is 3.81. The van der Waals surface area contributed by atoms with E-state index in [1.807, 2.05) is 27.7 Å². The van der Waals surface area contributed by atoms with E-state index in [1.165, 1.54) is 12.1 Å². The molecule has 0 saturated carbocycles. The minimum absolute atomic E-state index is 0. The lowest BCUT2D eigenvalue weighted by Crippen LogP contribution is -2.48. The highest BCUT2D eigenvalue weighted by molar-refractivity contribution is 14.0. The van der Waals surface area contributed by atoms with Crippen molar-refractivity contribution in [1.82, 2.24) is 16.0 Å². The third-order valence-electron chi connectivity index (χ3n) is 3.81. The highest BCUT2D eigenvalue weighted by Gasteiger charge is 2.30. The van der Waals surface area contributed by atoms with Crippen LogP contribution >= 0.6 is 24.0 Å². The van der Waals surface area contributed by atoms with Gasteiger partial charge in [0.1, 0.15) is 0 Å². The van der Waals surface area contributed by atoms with Gasteiger partial charge in [0.15, 0.2) is 5.96 Å². The fraction of sp³-hybridized carbons (Fsp3) is 0.579. The Bertz CT molecular complexity index is 657. The van der Waals surface area contributed by atoms with E-state index in [1.54, 1.807) is 13.1 Å². The molecule has 9 heteroatoms. The Morgan fingerprint density at radius 3 is 2.36 bits per heavy atom. The van der Waals surface area contributed by atoms with Crippen molar-refractivity contribution < 1.29 is 18.0 Å². The lowest BCUT2D eigenvalue weighted by molar-refractivity contribution is -0.137. The van der Waals surface area contributed by atoms with Gasteiger partial charge in [-0.3, -0.25) is 9.79 Å². The fourth-order valence-electron chi connectivity index (χ4n) is 2.44. The van der Waals surface area contributed by atoms with Gasteiger partial charge in [-0.25, -0.2) is 0 Å². The molecule has 1 unspecified atom stereocenters. The number of benzene rings is 1. The number of aliphatic imine (C=N–C) groups is 1. The standard InChI is InChI=1S/C19H29F3N4O.HI/c1-13(14-7-6-8-15(11-14)19(20,21)22)9-10-24-17(23-5)25-12-16(27)26-18(2,3)4;/h6-8,11,13H,9-10,12H2,1-5H3,(H,26,27)(H2,23,24,25);1H. The van der Waals surface area contributed by atoms with Crippen LogP contribution in [-0.2, 0) is 11.0 Å². The van der Waals surface area contributed by atoms with Crippen LogP contribution in [0.2, 0.25) is 0 Å². The van der Waals surface area contributed by atoms with Crippen LogP contribution in [0.5, 0.6) is 0 Å². The molecular weight excluding hydrogens is 484 g/mol. The van der Waals surface area contributed by atoms with Gasteiger partial charge in [-0.05, 0) is 44.7 Å². The number of amides is 1. The number of nitrogens with one attached hydrogen (secondary N) is 3. The molecule has 1 amide bonds. The smallest absolute Gasteiger partial charge is 0.356 e. The average molecular weight is 514 g/mol. The van der Waals surface area contributed by atoms with Crippen molar-refractivity contribution in [3.63, 3.8) is 0 Å². The van der Waals surface area contributed by atoms with Crippen LogP contribution < -0.4 is 16.0 Å². The maximum atomic E-state index is 12.8. The molecule has 0 radical (unpaired) electrons. The number of carbonyl (C=O) groups excluding carboxylic acids is 1. The normalized spacial score (nSPS) is 13.4. The molecule has 1 rings (SSSR count). The van der Waals surface area contributed by atoms with E-state index >= 15 is 0 Å². The van der Waals surface area contributed by atoms with Gasteiger partial charge in [0, 0.05) is 19.1 Å². The SMILES string of the molecule is CN=C(NCCC(C)c1cccc(C(F)(F)F)c1)NCC(=O)NC(C)(C)C.I. The molecule has 0 aromatic heterocycles. The summed E-state index contributed by atoms with van der Waals surface area (Å²) in [5.41, 5.74) is -0.308. The van der Waals surface area contributed by atoms with Crippen LogP contribution in [0.4, 0.5) is 13.2 Å². The fourth-order valence-corrected chi connectivity index (χ4v) is 2.44. The first kappa shape index (κ1) is 26.5. The van der Waals surface area contributed by atoms with Crippen LogP contribution in [-0.4, -0.2) is 37.5 Å². The molecule has 0 bridgehead atoms. The second-order valence-electron chi connectivity index (χ2n) is 7.46. The zero-order chi connectivity index (χ0) is 20.7. The second-order valence-corrected chi connectivity index (χ2v) is 7.46. The molecule has 0 aliphatic rings. The summed E-state index contributed by atoms with van der Waals surface area (Å²) < 4.78 is 38.5. The minimum atomic E-state index is -4.34. The van der Waals surface area contributed by atoms with Gasteiger partial charge >= 0.3 is 6.18 Å². The Morgan fingerprint density at radius 1 is 1.18 bits per heavy atom. The van der Waals surface area contributed by atoms with Crippen molar-refractivity contribution in [2.45, 2.75) is 51.7 Å². The van der Waals surface area contributed by atoms with Crippen LogP contribution in [0.15, 0.2) is 29.3 Å². The highest BCUT2D eigenvalue weighted by atomic mass is 127. The Hall–Kier alpha value is -1.52. The zero-order valence-corrected chi connectivity index (χ0v) is 19.2. The number of halogens is 4. The molecule has 160 valence electrons. The summed E-state index contributed by atoms with van der Waals surface area (Å²) >= 11 is 0. The van der Waals surface area contributed by atoms with E-state index in [2.05, 4.69) is 20.9 Å². The number of nitrogens with zero attached hydrogens (tertiary/aromatic N) is 1. The molecule has 0 aliphatic heterocycles. The van der Waals surface area contributed by atoms with Gasteiger partial charge in [0.05, 0.1) is 12.1 Å². The van der Waals surface area contributed by atoms with Gasteiger partial charge in [-0.1, -0.05) is 25.1 Å². The molecule has 0 saturated heterocycles. The second kappa shape index (κ2) is 11.5. The van der Waals surface area contributed by atoms with E-state index in [0.29, 0.717) is 24.5 Å². The van der Waals surface area contributed by atoms with Crippen LogP contribution in [0.25, 0.3) is 0 Å². The summed E-state index contributed by atoms with van der Waals surface area (Å²) in [7, 11) is 1.59. The number of hydrogen-bond acceptors (Lipinski definition) is 2. The van der Waals surface area contributed by atoms with Gasteiger partial charge in [0.2, 0.25) is 5.91 Å². The van der Waals surface area contributed by atoms with Gasteiger partial charge in [0.25, 0.3) is 0 Å². The summed E-state index contributed by atoms with van der Waals surface area (Å²) in [6, 6.07) is 5.39. The largest absolute Gasteiger partial charge is 0.416 e. The van der Waals surface area contributed by atoms with E-state index < -0.39 is 11.7 Å². The molecule has 5 nitrogen and oxygen atoms in total. The first-order valence-electron chi connectivity index (χ1n) is 8.85. The highest BCUT2D eigenvalue weighted by Crippen LogP contribution is 2.31.